The summed E-state index contributed by atoms with van der Waals surface area (Å²) < 4.78 is 0. The number of benzene rings is 1. The van der Waals surface area contributed by atoms with E-state index in [9.17, 15) is 0 Å². The molecule has 1 aliphatic carbocycles. The summed E-state index contributed by atoms with van der Waals surface area (Å²) in [6.07, 6.45) is 1.03. The van der Waals surface area contributed by atoms with Crippen molar-refractivity contribution in [3.8, 4) is 0 Å². The van der Waals surface area contributed by atoms with Crippen LogP contribution in [0.3, 0.4) is 0 Å². The predicted molar refractivity (Wildman–Crippen MR) is 72.6 cm³/mol. The van der Waals surface area contributed by atoms with E-state index in [0.29, 0.717) is 0 Å². The highest BCUT2D eigenvalue weighted by Crippen LogP contribution is 2.48. The van der Waals surface area contributed by atoms with Crippen LogP contribution in [0.15, 0.2) is 24.3 Å². The Bertz CT molecular complexity index is 626. The molecule has 0 spiro atoms. The summed E-state index contributed by atoms with van der Waals surface area (Å²) in [4.78, 5) is 5.80. The molecule has 0 atom stereocenters. The Morgan fingerprint density at radius 3 is 2.69 bits per heavy atom. The molecule has 0 amide bonds. The van der Waals surface area contributed by atoms with E-state index in [1.807, 2.05) is 6.07 Å². The number of hydrogen-bond acceptors (Lipinski definition) is 2. The van der Waals surface area contributed by atoms with Gasteiger partial charge in [0.25, 0.3) is 0 Å². The molecule has 1 heterocycles. The molecule has 0 fully saturated rings. The van der Waals surface area contributed by atoms with Crippen LogP contribution in [-0.4, -0.2) is 4.98 Å². The monoisotopic (exact) mass is 227 g/mol. The highest BCUT2D eigenvalue weighted by Gasteiger charge is 2.27. The van der Waals surface area contributed by atoms with Crippen LogP contribution >= 0.6 is 12.6 Å². The van der Waals surface area contributed by atoms with Gasteiger partial charge in [0.15, 0.2) is 0 Å². The molecule has 80 valence electrons. The van der Waals surface area contributed by atoms with Crippen LogP contribution < -0.4 is 0 Å². The Kier molecular flexibility index (Phi) is 2.08. The van der Waals surface area contributed by atoms with Crippen LogP contribution in [0.4, 0.5) is 0 Å². The maximum absolute atomic E-state index is 4.65. The first-order valence-corrected chi connectivity index (χ1v) is 6.01. The number of allylic oxidation sites excluding steroid dienone is 1. The first-order chi connectivity index (χ1) is 7.74. The molecule has 16 heavy (non-hydrogen) atoms. The highest BCUT2D eigenvalue weighted by molar-refractivity contribution is 7.91. The molecule has 0 bridgehead atoms. The first-order valence-electron chi connectivity index (χ1n) is 5.56. The average Bonchev–Trinajstić information content (AvgIpc) is 2.28. The summed E-state index contributed by atoms with van der Waals surface area (Å²) in [7, 11) is 0. The topological polar surface area (TPSA) is 12.9 Å². The van der Waals surface area contributed by atoms with Crippen LogP contribution in [0.5, 0.6) is 0 Å². The largest absolute Gasteiger partial charge is 0.252 e. The fourth-order valence-electron chi connectivity index (χ4n) is 2.50. The third-order valence-corrected chi connectivity index (χ3v) is 3.74. The molecule has 1 aliphatic rings. The van der Waals surface area contributed by atoms with Crippen LogP contribution in [0, 0.1) is 6.92 Å². The van der Waals surface area contributed by atoms with Gasteiger partial charge in [-0.2, -0.15) is 0 Å². The Balaban J connectivity index is 2.40. The summed E-state index contributed by atoms with van der Waals surface area (Å²) in [5.41, 5.74) is 6.17. The summed E-state index contributed by atoms with van der Waals surface area (Å²) in [5, 5.41) is 1.23. The van der Waals surface area contributed by atoms with Crippen LogP contribution in [0.1, 0.15) is 30.2 Å². The molecule has 0 saturated heterocycles. The molecule has 3 rings (SSSR count). The second kappa shape index (κ2) is 3.36. The Morgan fingerprint density at radius 2 is 1.94 bits per heavy atom. The average molecular weight is 227 g/mol. The summed E-state index contributed by atoms with van der Waals surface area (Å²) in [6, 6.07) is 8.28. The van der Waals surface area contributed by atoms with E-state index in [4.69, 9.17) is 0 Å². The maximum Gasteiger partial charge on any atom is 0.0712 e. The van der Waals surface area contributed by atoms with Gasteiger partial charge in [-0.3, -0.25) is 4.98 Å². The fourth-order valence-corrected chi connectivity index (χ4v) is 3.00. The summed E-state index contributed by atoms with van der Waals surface area (Å²) in [6.45, 7) is 4.25. The van der Waals surface area contributed by atoms with Crippen molar-refractivity contribution in [2.75, 3.05) is 0 Å². The molecule has 2 aromatic rings. The molecule has 0 aliphatic heterocycles. The molecule has 1 nitrogen and oxygen atoms in total. The van der Waals surface area contributed by atoms with Crippen molar-refractivity contribution in [3.05, 3.63) is 41.1 Å². The van der Waals surface area contributed by atoms with Gasteiger partial charge in [0.1, 0.15) is 0 Å². The molecule has 0 saturated carbocycles. The van der Waals surface area contributed by atoms with Gasteiger partial charge in [-0.05, 0) is 25.0 Å². The second-order valence-electron chi connectivity index (χ2n) is 4.15. The SMILES string of the molecule is CCC1=C(S)c2c1c(C)nc1ccccc21. The quantitative estimate of drug-likeness (QED) is 0.725. The van der Waals surface area contributed by atoms with E-state index in [1.54, 1.807) is 0 Å². The van der Waals surface area contributed by atoms with Gasteiger partial charge in [-0.15, -0.1) is 12.6 Å². The lowest BCUT2D eigenvalue weighted by Crippen LogP contribution is -2.08. The minimum Gasteiger partial charge on any atom is -0.252 e. The van der Waals surface area contributed by atoms with Gasteiger partial charge < -0.3 is 0 Å². The number of fused-ring (bicyclic) bond motifs is 3. The van der Waals surface area contributed by atoms with E-state index in [0.717, 1.165) is 22.5 Å². The zero-order valence-corrected chi connectivity index (χ0v) is 10.3. The number of pyridine rings is 1. The van der Waals surface area contributed by atoms with Crippen molar-refractivity contribution < 1.29 is 0 Å². The van der Waals surface area contributed by atoms with Gasteiger partial charge in [0, 0.05) is 27.1 Å². The van der Waals surface area contributed by atoms with Crippen molar-refractivity contribution in [1.82, 2.24) is 4.98 Å². The number of para-hydroxylation sites is 1. The zero-order valence-electron chi connectivity index (χ0n) is 9.41. The number of aromatic nitrogens is 1. The second-order valence-corrected chi connectivity index (χ2v) is 4.59. The van der Waals surface area contributed by atoms with Crippen LogP contribution in [-0.2, 0) is 0 Å². The minimum absolute atomic E-state index is 1.03. The Morgan fingerprint density at radius 1 is 1.19 bits per heavy atom. The molecular formula is C14H13NS. The van der Waals surface area contributed by atoms with Crippen molar-refractivity contribution in [2.24, 2.45) is 0 Å². The molecule has 0 radical (unpaired) electrons. The molecule has 2 heteroatoms. The van der Waals surface area contributed by atoms with E-state index in [2.05, 4.69) is 49.7 Å². The molecular weight excluding hydrogens is 214 g/mol. The molecule has 1 aromatic heterocycles. The lowest BCUT2D eigenvalue weighted by Gasteiger charge is -2.27. The number of hydrogen-bond donors (Lipinski definition) is 1. The van der Waals surface area contributed by atoms with Crippen molar-refractivity contribution in [2.45, 2.75) is 20.3 Å². The van der Waals surface area contributed by atoms with E-state index < -0.39 is 0 Å². The van der Waals surface area contributed by atoms with E-state index >= 15 is 0 Å². The van der Waals surface area contributed by atoms with E-state index in [-0.39, 0.29) is 0 Å². The van der Waals surface area contributed by atoms with Crippen molar-refractivity contribution in [1.29, 1.82) is 0 Å². The number of aryl methyl sites for hydroxylation is 1. The highest BCUT2D eigenvalue weighted by atomic mass is 32.1. The Hall–Kier alpha value is -1.28. The lowest BCUT2D eigenvalue weighted by atomic mass is 9.83. The normalized spacial score (nSPS) is 13.9. The van der Waals surface area contributed by atoms with Gasteiger partial charge >= 0.3 is 0 Å². The van der Waals surface area contributed by atoms with Gasteiger partial charge in [0.2, 0.25) is 0 Å². The number of rotatable bonds is 1. The van der Waals surface area contributed by atoms with Crippen LogP contribution in [0.2, 0.25) is 0 Å². The smallest absolute Gasteiger partial charge is 0.0712 e. The van der Waals surface area contributed by atoms with Gasteiger partial charge in [-0.25, -0.2) is 0 Å². The molecule has 1 aromatic carbocycles. The number of nitrogens with zero attached hydrogens (tertiary/aromatic N) is 1. The predicted octanol–water partition coefficient (Wildman–Crippen LogP) is 4.06. The first kappa shape index (κ1) is 9.91. The van der Waals surface area contributed by atoms with Crippen molar-refractivity contribution in [3.63, 3.8) is 0 Å². The number of thiol groups is 1. The zero-order chi connectivity index (χ0) is 11.3. The Labute approximate surface area is 101 Å². The third kappa shape index (κ3) is 1.11. The van der Waals surface area contributed by atoms with E-state index in [1.165, 1.54) is 22.1 Å². The minimum atomic E-state index is 1.03. The lowest BCUT2D eigenvalue weighted by molar-refractivity contribution is 1.16. The van der Waals surface area contributed by atoms with Crippen LogP contribution in [0.25, 0.3) is 21.4 Å². The molecule has 0 N–H and O–H groups in total. The molecule has 0 unspecified atom stereocenters. The van der Waals surface area contributed by atoms with Gasteiger partial charge in [-0.1, -0.05) is 25.1 Å². The standard InChI is InChI=1S/C14H13NS/c1-3-9-12-8(2)15-11-7-5-4-6-10(11)13(12)14(9)16/h4-7,16H,3H2,1-2H3. The fraction of sp³-hybridized carbons (Fsp3) is 0.214. The summed E-state index contributed by atoms with van der Waals surface area (Å²) >= 11 is 4.61. The maximum atomic E-state index is 4.65. The van der Waals surface area contributed by atoms with Crippen molar-refractivity contribution >= 4 is 34.0 Å². The van der Waals surface area contributed by atoms with Gasteiger partial charge in [0.05, 0.1) is 5.52 Å². The summed E-state index contributed by atoms with van der Waals surface area (Å²) in [5.74, 6) is 0. The third-order valence-electron chi connectivity index (χ3n) is 3.25.